The van der Waals surface area contributed by atoms with Gasteiger partial charge in [0, 0.05) is 20.1 Å². The Labute approximate surface area is 154 Å². The smallest absolute Gasteiger partial charge is 0.190 e. The molecule has 0 aliphatic rings. The fourth-order valence-corrected chi connectivity index (χ4v) is 2.56. The lowest BCUT2D eigenvalue weighted by Gasteiger charge is -2.13. The second kappa shape index (κ2) is 10.3. The minimum Gasteiger partial charge on any atom is -0.493 e. The minimum atomic E-state index is -0.214. The Bertz CT molecular complexity index is 717. The lowest BCUT2D eigenvalue weighted by atomic mass is 10.1. The fourth-order valence-electron chi connectivity index (χ4n) is 2.56. The van der Waals surface area contributed by atoms with E-state index >= 15 is 0 Å². The van der Waals surface area contributed by atoms with Crippen molar-refractivity contribution in [3.8, 4) is 11.5 Å². The average molecular weight is 359 g/mol. The summed E-state index contributed by atoms with van der Waals surface area (Å²) >= 11 is 0. The van der Waals surface area contributed by atoms with Gasteiger partial charge in [0.2, 0.25) is 0 Å². The molecule has 0 unspecified atom stereocenters. The lowest BCUT2D eigenvalue weighted by Crippen LogP contribution is -2.39. The van der Waals surface area contributed by atoms with Crippen molar-refractivity contribution in [1.29, 1.82) is 0 Å². The van der Waals surface area contributed by atoms with E-state index in [2.05, 4.69) is 15.6 Å². The van der Waals surface area contributed by atoms with Crippen LogP contribution in [0.3, 0.4) is 0 Å². The molecule has 0 aromatic heterocycles. The normalized spacial score (nSPS) is 11.2. The molecule has 6 heteroatoms. The van der Waals surface area contributed by atoms with E-state index in [0.29, 0.717) is 0 Å². The van der Waals surface area contributed by atoms with Gasteiger partial charge in [-0.25, -0.2) is 4.39 Å². The van der Waals surface area contributed by atoms with Gasteiger partial charge >= 0.3 is 0 Å². The van der Waals surface area contributed by atoms with Gasteiger partial charge in [0.05, 0.1) is 14.2 Å². The highest BCUT2D eigenvalue weighted by atomic mass is 19.1. The molecular formula is C20H26FN3O2. The molecule has 2 aromatic rings. The van der Waals surface area contributed by atoms with Gasteiger partial charge in [-0.1, -0.05) is 18.2 Å². The molecule has 0 aliphatic heterocycles. The fraction of sp³-hybridized carbons (Fsp3) is 0.350. The van der Waals surface area contributed by atoms with Crippen molar-refractivity contribution in [2.24, 2.45) is 4.99 Å². The molecule has 140 valence electrons. The van der Waals surface area contributed by atoms with Crippen molar-refractivity contribution >= 4 is 5.96 Å². The maximum absolute atomic E-state index is 12.9. The van der Waals surface area contributed by atoms with Gasteiger partial charge in [-0.3, -0.25) is 4.99 Å². The topological polar surface area (TPSA) is 54.9 Å². The van der Waals surface area contributed by atoms with Gasteiger partial charge in [-0.2, -0.15) is 0 Å². The molecular weight excluding hydrogens is 333 g/mol. The largest absolute Gasteiger partial charge is 0.493 e. The Hall–Kier alpha value is -2.76. The van der Waals surface area contributed by atoms with Crippen LogP contribution in [0.25, 0.3) is 0 Å². The van der Waals surface area contributed by atoms with E-state index in [0.717, 1.165) is 54.5 Å². The molecule has 26 heavy (non-hydrogen) atoms. The van der Waals surface area contributed by atoms with Crippen LogP contribution < -0.4 is 20.1 Å². The molecule has 5 nitrogen and oxygen atoms in total. The van der Waals surface area contributed by atoms with Crippen LogP contribution in [0.15, 0.2) is 47.5 Å². The van der Waals surface area contributed by atoms with E-state index in [4.69, 9.17) is 9.47 Å². The van der Waals surface area contributed by atoms with Crippen molar-refractivity contribution in [3.63, 3.8) is 0 Å². The standard InChI is InChI=1S/C20H26FN3O2/c1-22-20(23-12-10-15-4-7-17(21)8-5-15)24-13-11-16-6-9-18(25-2)19(14-16)26-3/h4-9,14H,10-13H2,1-3H3,(H2,22,23,24). The van der Waals surface area contributed by atoms with Crippen LogP contribution in [0, 0.1) is 5.82 Å². The molecule has 2 N–H and O–H groups in total. The highest BCUT2D eigenvalue weighted by molar-refractivity contribution is 5.79. The molecule has 2 aromatic carbocycles. The van der Waals surface area contributed by atoms with Gasteiger partial charge in [0.1, 0.15) is 5.82 Å². The maximum atomic E-state index is 12.9. The molecule has 0 aliphatic carbocycles. The summed E-state index contributed by atoms with van der Waals surface area (Å²) in [5.41, 5.74) is 2.23. The summed E-state index contributed by atoms with van der Waals surface area (Å²) in [7, 11) is 5.00. The highest BCUT2D eigenvalue weighted by Gasteiger charge is 2.05. The van der Waals surface area contributed by atoms with E-state index in [1.54, 1.807) is 33.4 Å². The number of nitrogens with zero attached hydrogens (tertiary/aromatic N) is 1. The second-order valence-corrected chi connectivity index (χ2v) is 5.74. The first kappa shape index (κ1) is 19.6. The zero-order valence-electron chi connectivity index (χ0n) is 15.5. The van der Waals surface area contributed by atoms with Crippen LogP contribution in [-0.4, -0.2) is 40.3 Å². The first-order valence-electron chi connectivity index (χ1n) is 8.56. The predicted molar refractivity (Wildman–Crippen MR) is 103 cm³/mol. The Kier molecular flexibility index (Phi) is 7.74. The summed E-state index contributed by atoms with van der Waals surface area (Å²) < 4.78 is 23.5. The summed E-state index contributed by atoms with van der Waals surface area (Å²) in [5, 5.41) is 6.55. The SMILES string of the molecule is CN=C(NCCc1ccc(F)cc1)NCCc1ccc(OC)c(OC)c1. The summed E-state index contributed by atoms with van der Waals surface area (Å²) in [5.74, 6) is 1.98. The van der Waals surface area contributed by atoms with Gasteiger partial charge in [-0.05, 0) is 48.2 Å². The summed E-state index contributed by atoms with van der Waals surface area (Å²) in [6.45, 7) is 1.47. The third kappa shape index (κ3) is 5.95. The number of ether oxygens (including phenoxy) is 2. The van der Waals surface area contributed by atoms with Gasteiger partial charge in [0.15, 0.2) is 17.5 Å². The molecule has 0 saturated carbocycles. The third-order valence-electron chi connectivity index (χ3n) is 4.00. The lowest BCUT2D eigenvalue weighted by molar-refractivity contribution is 0.354. The number of hydrogen-bond acceptors (Lipinski definition) is 3. The maximum Gasteiger partial charge on any atom is 0.190 e. The molecule has 0 atom stereocenters. The Balaban J connectivity index is 1.75. The number of benzene rings is 2. The van der Waals surface area contributed by atoms with Crippen LogP contribution in [0.5, 0.6) is 11.5 Å². The average Bonchev–Trinajstić information content (AvgIpc) is 2.68. The number of aliphatic imine (C=N–C) groups is 1. The zero-order valence-corrected chi connectivity index (χ0v) is 15.5. The van der Waals surface area contributed by atoms with Gasteiger partial charge in [-0.15, -0.1) is 0 Å². The van der Waals surface area contributed by atoms with E-state index in [-0.39, 0.29) is 5.82 Å². The van der Waals surface area contributed by atoms with Gasteiger partial charge in [0.25, 0.3) is 0 Å². The second-order valence-electron chi connectivity index (χ2n) is 5.74. The Morgan fingerprint density at radius 2 is 1.46 bits per heavy atom. The molecule has 0 bridgehead atoms. The molecule has 0 fully saturated rings. The molecule has 0 heterocycles. The number of nitrogens with one attached hydrogen (secondary N) is 2. The Morgan fingerprint density at radius 1 is 0.885 bits per heavy atom. The van der Waals surface area contributed by atoms with E-state index in [1.165, 1.54) is 12.1 Å². The van der Waals surface area contributed by atoms with Crippen molar-refractivity contribution in [3.05, 3.63) is 59.4 Å². The van der Waals surface area contributed by atoms with Gasteiger partial charge < -0.3 is 20.1 Å². The van der Waals surface area contributed by atoms with Crippen LogP contribution in [0.1, 0.15) is 11.1 Å². The first-order valence-corrected chi connectivity index (χ1v) is 8.56. The highest BCUT2D eigenvalue weighted by Crippen LogP contribution is 2.27. The van der Waals surface area contributed by atoms with Crippen molar-refractivity contribution < 1.29 is 13.9 Å². The molecule has 0 radical (unpaired) electrons. The summed E-state index contributed by atoms with van der Waals surface area (Å²) in [4.78, 5) is 4.22. The van der Waals surface area contributed by atoms with Crippen LogP contribution in [0.2, 0.25) is 0 Å². The first-order chi connectivity index (χ1) is 12.7. The summed E-state index contributed by atoms with van der Waals surface area (Å²) in [6, 6.07) is 12.5. The number of halogens is 1. The van der Waals surface area contributed by atoms with E-state index in [1.807, 2.05) is 18.2 Å². The number of hydrogen-bond donors (Lipinski definition) is 2. The monoisotopic (exact) mass is 359 g/mol. The van der Waals surface area contributed by atoms with E-state index < -0.39 is 0 Å². The number of methoxy groups -OCH3 is 2. The van der Waals surface area contributed by atoms with Crippen molar-refractivity contribution in [2.75, 3.05) is 34.4 Å². The van der Waals surface area contributed by atoms with Crippen LogP contribution >= 0.6 is 0 Å². The molecule has 0 spiro atoms. The number of guanidine groups is 1. The third-order valence-corrected chi connectivity index (χ3v) is 4.00. The number of rotatable bonds is 8. The van der Waals surface area contributed by atoms with Crippen LogP contribution in [0.4, 0.5) is 4.39 Å². The molecule has 0 saturated heterocycles. The van der Waals surface area contributed by atoms with Crippen LogP contribution in [-0.2, 0) is 12.8 Å². The zero-order chi connectivity index (χ0) is 18.8. The molecule has 2 rings (SSSR count). The minimum absolute atomic E-state index is 0.214. The summed E-state index contributed by atoms with van der Waals surface area (Å²) in [6.07, 6.45) is 1.63. The van der Waals surface area contributed by atoms with Crippen molar-refractivity contribution in [1.82, 2.24) is 10.6 Å². The van der Waals surface area contributed by atoms with E-state index in [9.17, 15) is 4.39 Å². The molecule has 0 amide bonds. The van der Waals surface area contributed by atoms with Crippen molar-refractivity contribution in [2.45, 2.75) is 12.8 Å². The Morgan fingerprint density at radius 3 is 2.04 bits per heavy atom. The predicted octanol–water partition coefficient (Wildman–Crippen LogP) is 2.79. The quantitative estimate of drug-likeness (QED) is 0.562.